The fourth-order valence-corrected chi connectivity index (χ4v) is 3.71. The molecule has 2 aromatic rings. The summed E-state index contributed by atoms with van der Waals surface area (Å²) in [4.78, 5) is 1.21. The van der Waals surface area contributed by atoms with E-state index in [1.807, 2.05) is 6.07 Å². The van der Waals surface area contributed by atoms with Crippen molar-refractivity contribution in [3.05, 3.63) is 44.0 Å². The molecule has 0 aliphatic heterocycles. The van der Waals surface area contributed by atoms with Crippen molar-refractivity contribution in [2.45, 2.75) is 16.9 Å². The molecule has 0 fully saturated rings. The number of thiophene rings is 1. The highest BCUT2D eigenvalue weighted by Gasteiger charge is 2.28. The molecule has 0 bridgehead atoms. The zero-order valence-corrected chi connectivity index (χ0v) is 13.8. The SMILES string of the molecule is FC(F)(F)Sc1ccc(NCc2cc(Br)c(Cl)s2)cc1. The minimum Gasteiger partial charge on any atom is -0.380 e. The van der Waals surface area contributed by atoms with Crippen molar-refractivity contribution in [3.63, 3.8) is 0 Å². The number of anilines is 1. The predicted molar refractivity (Wildman–Crippen MR) is 82.7 cm³/mol. The lowest BCUT2D eigenvalue weighted by Gasteiger charge is -2.08. The van der Waals surface area contributed by atoms with Crippen molar-refractivity contribution in [3.8, 4) is 0 Å². The number of rotatable bonds is 4. The van der Waals surface area contributed by atoms with E-state index in [0.29, 0.717) is 10.9 Å². The van der Waals surface area contributed by atoms with Crippen LogP contribution in [-0.4, -0.2) is 5.51 Å². The second-order valence-electron chi connectivity index (χ2n) is 3.76. The molecule has 0 amide bonds. The average molecular weight is 403 g/mol. The van der Waals surface area contributed by atoms with Crippen molar-refractivity contribution < 1.29 is 13.2 Å². The summed E-state index contributed by atoms with van der Waals surface area (Å²) in [6, 6.07) is 8.04. The average Bonchev–Trinajstić information content (AvgIpc) is 2.66. The van der Waals surface area contributed by atoms with Gasteiger partial charge in [0.15, 0.2) is 0 Å². The zero-order chi connectivity index (χ0) is 14.8. The van der Waals surface area contributed by atoms with Crippen LogP contribution >= 0.6 is 50.6 Å². The molecule has 1 aromatic carbocycles. The Labute approximate surface area is 135 Å². The quantitative estimate of drug-likeness (QED) is 0.595. The van der Waals surface area contributed by atoms with E-state index in [0.717, 1.165) is 15.0 Å². The van der Waals surface area contributed by atoms with Crippen LogP contribution in [0.4, 0.5) is 18.9 Å². The molecule has 0 aliphatic carbocycles. The van der Waals surface area contributed by atoms with Crippen molar-refractivity contribution in [2.24, 2.45) is 0 Å². The number of benzene rings is 1. The van der Waals surface area contributed by atoms with Gasteiger partial charge in [-0.25, -0.2) is 0 Å². The molecule has 1 N–H and O–H groups in total. The summed E-state index contributed by atoms with van der Waals surface area (Å²) in [7, 11) is 0. The van der Waals surface area contributed by atoms with Gasteiger partial charge in [-0.15, -0.1) is 11.3 Å². The Morgan fingerprint density at radius 1 is 1.25 bits per heavy atom. The molecular formula is C12H8BrClF3NS2. The van der Waals surface area contributed by atoms with Crippen molar-refractivity contribution in [1.29, 1.82) is 0 Å². The summed E-state index contributed by atoms with van der Waals surface area (Å²) in [5.74, 6) is 0. The highest BCUT2D eigenvalue weighted by molar-refractivity contribution is 9.10. The molecule has 1 heterocycles. The first-order valence-electron chi connectivity index (χ1n) is 5.37. The molecule has 0 aliphatic rings. The van der Waals surface area contributed by atoms with Crippen molar-refractivity contribution >= 4 is 56.3 Å². The third-order valence-corrected chi connectivity index (χ3v) is 5.46. The maximum atomic E-state index is 12.2. The van der Waals surface area contributed by atoms with Crippen LogP contribution < -0.4 is 5.32 Å². The molecule has 0 spiro atoms. The lowest BCUT2D eigenvalue weighted by atomic mass is 10.3. The summed E-state index contributed by atoms with van der Waals surface area (Å²) in [6.07, 6.45) is 0. The van der Waals surface area contributed by atoms with Crippen molar-refractivity contribution in [1.82, 2.24) is 0 Å². The van der Waals surface area contributed by atoms with Gasteiger partial charge in [-0.2, -0.15) is 13.2 Å². The van der Waals surface area contributed by atoms with Crippen LogP contribution in [0, 0.1) is 0 Å². The molecule has 0 radical (unpaired) electrons. The van der Waals surface area contributed by atoms with Crippen molar-refractivity contribution in [2.75, 3.05) is 5.32 Å². The van der Waals surface area contributed by atoms with Gasteiger partial charge < -0.3 is 5.32 Å². The van der Waals surface area contributed by atoms with E-state index < -0.39 is 5.51 Å². The number of thioether (sulfide) groups is 1. The molecule has 1 nitrogen and oxygen atoms in total. The monoisotopic (exact) mass is 401 g/mol. The predicted octanol–water partition coefficient (Wildman–Crippen LogP) is 6.39. The maximum absolute atomic E-state index is 12.2. The van der Waals surface area contributed by atoms with Gasteiger partial charge in [0, 0.05) is 26.5 Å². The van der Waals surface area contributed by atoms with Gasteiger partial charge in [0.25, 0.3) is 0 Å². The normalized spacial score (nSPS) is 11.7. The molecule has 0 saturated heterocycles. The Morgan fingerprint density at radius 2 is 1.90 bits per heavy atom. The van der Waals surface area contributed by atoms with Gasteiger partial charge in [0.05, 0.1) is 0 Å². The van der Waals surface area contributed by atoms with E-state index in [2.05, 4.69) is 21.2 Å². The Hall–Kier alpha value is -0.370. The van der Waals surface area contributed by atoms with Gasteiger partial charge in [-0.05, 0) is 58.0 Å². The lowest BCUT2D eigenvalue weighted by Crippen LogP contribution is -2.00. The highest BCUT2D eigenvalue weighted by Crippen LogP contribution is 2.37. The summed E-state index contributed by atoms with van der Waals surface area (Å²) in [5.41, 5.74) is -3.49. The van der Waals surface area contributed by atoms with E-state index in [1.165, 1.54) is 23.5 Å². The molecule has 0 saturated carbocycles. The summed E-state index contributed by atoms with van der Waals surface area (Å²) < 4.78 is 38.1. The minimum atomic E-state index is -4.26. The summed E-state index contributed by atoms with van der Waals surface area (Å²) in [5, 5.41) is 3.13. The first kappa shape index (κ1) is 16.0. The second-order valence-corrected chi connectivity index (χ2v) is 7.49. The van der Waals surface area contributed by atoms with Crippen LogP contribution in [0.2, 0.25) is 4.34 Å². The molecule has 20 heavy (non-hydrogen) atoms. The fourth-order valence-electron chi connectivity index (χ4n) is 1.44. The molecule has 8 heteroatoms. The summed E-state index contributed by atoms with van der Waals surface area (Å²) in [6.45, 7) is 0.571. The Balaban J connectivity index is 1.94. The Morgan fingerprint density at radius 3 is 2.40 bits per heavy atom. The number of halogens is 5. The van der Waals surface area contributed by atoms with E-state index >= 15 is 0 Å². The smallest absolute Gasteiger partial charge is 0.380 e. The van der Waals surface area contributed by atoms with Crippen LogP contribution in [0.25, 0.3) is 0 Å². The van der Waals surface area contributed by atoms with Crippen LogP contribution in [0.5, 0.6) is 0 Å². The number of hydrogen-bond acceptors (Lipinski definition) is 3. The Bertz CT molecular complexity index is 564. The first-order chi connectivity index (χ1) is 9.33. The largest absolute Gasteiger partial charge is 0.446 e. The number of nitrogens with one attached hydrogen (secondary N) is 1. The van der Waals surface area contributed by atoms with Gasteiger partial charge in [0.1, 0.15) is 4.34 Å². The molecule has 0 unspecified atom stereocenters. The molecule has 2 rings (SSSR count). The van der Waals surface area contributed by atoms with E-state index in [4.69, 9.17) is 11.6 Å². The first-order valence-corrected chi connectivity index (χ1v) is 8.17. The van der Waals surface area contributed by atoms with Crippen LogP contribution in [-0.2, 0) is 6.54 Å². The second kappa shape index (κ2) is 6.60. The van der Waals surface area contributed by atoms with Gasteiger partial charge in [-0.3, -0.25) is 0 Å². The maximum Gasteiger partial charge on any atom is 0.446 e. The van der Waals surface area contributed by atoms with Gasteiger partial charge in [-0.1, -0.05) is 11.6 Å². The standard InChI is InChI=1S/C12H8BrClF3NS2/c13-10-5-9(19-11(10)14)6-18-7-1-3-8(4-2-7)20-12(15,16)17/h1-5,18H,6H2. The van der Waals surface area contributed by atoms with Crippen LogP contribution in [0.3, 0.4) is 0 Å². The third kappa shape index (κ3) is 4.87. The van der Waals surface area contributed by atoms with E-state index in [9.17, 15) is 13.2 Å². The zero-order valence-electron chi connectivity index (χ0n) is 9.80. The molecule has 108 valence electrons. The Kier molecular flexibility index (Phi) is 5.28. The molecular weight excluding hydrogens is 395 g/mol. The number of alkyl halides is 3. The number of hydrogen-bond donors (Lipinski definition) is 1. The van der Waals surface area contributed by atoms with Gasteiger partial charge in [0.2, 0.25) is 0 Å². The lowest BCUT2D eigenvalue weighted by molar-refractivity contribution is -0.0328. The molecule has 0 atom stereocenters. The van der Waals surface area contributed by atoms with Crippen LogP contribution in [0.1, 0.15) is 4.88 Å². The summed E-state index contributed by atoms with van der Waals surface area (Å²) >= 11 is 10.6. The van der Waals surface area contributed by atoms with E-state index in [1.54, 1.807) is 12.1 Å². The topological polar surface area (TPSA) is 12.0 Å². The van der Waals surface area contributed by atoms with E-state index in [-0.39, 0.29) is 16.7 Å². The van der Waals surface area contributed by atoms with Gasteiger partial charge >= 0.3 is 5.51 Å². The minimum absolute atomic E-state index is 0.120. The highest BCUT2D eigenvalue weighted by atomic mass is 79.9. The fraction of sp³-hybridized carbons (Fsp3) is 0.167. The molecule has 1 aromatic heterocycles. The van der Waals surface area contributed by atoms with Crippen LogP contribution in [0.15, 0.2) is 39.7 Å². The third-order valence-electron chi connectivity index (χ3n) is 2.25.